The molecule has 0 amide bonds. The van der Waals surface area contributed by atoms with E-state index < -0.39 is 5.97 Å². The van der Waals surface area contributed by atoms with Crippen LogP contribution >= 0.6 is 0 Å². The quantitative estimate of drug-likeness (QED) is 0.403. The van der Waals surface area contributed by atoms with Gasteiger partial charge in [-0.15, -0.1) is 0 Å². The van der Waals surface area contributed by atoms with Crippen LogP contribution < -0.4 is 5.73 Å². The van der Waals surface area contributed by atoms with Crippen molar-refractivity contribution in [2.45, 2.75) is 26.3 Å². The summed E-state index contributed by atoms with van der Waals surface area (Å²) in [6.45, 7) is 5.30. The largest absolute Gasteiger partial charge is 0.478 e. The van der Waals surface area contributed by atoms with Crippen LogP contribution in [0, 0.1) is 16.7 Å². The van der Waals surface area contributed by atoms with E-state index in [9.17, 15) is 9.90 Å². The van der Waals surface area contributed by atoms with Crippen molar-refractivity contribution >= 4 is 17.6 Å². The van der Waals surface area contributed by atoms with E-state index in [1.54, 1.807) is 18.2 Å². The predicted octanol–water partition coefficient (Wildman–Crippen LogP) is 3.48. The van der Waals surface area contributed by atoms with Gasteiger partial charge in [-0.05, 0) is 73.7 Å². The van der Waals surface area contributed by atoms with Gasteiger partial charge < -0.3 is 20.6 Å². The summed E-state index contributed by atoms with van der Waals surface area (Å²) in [6, 6.07) is 12.7. The molecule has 2 aromatic rings. The van der Waals surface area contributed by atoms with Crippen molar-refractivity contribution in [1.82, 2.24) is 9.80 Å². The Bertz CT molecular complexity index is 980. The van der Waals surface area contributed by atoms with Gasteiger partial charge in [0.05, 0.1) is 11.4 Å². The topological polar surface area (TPSA) is 118 Å². The van der Waals surface area contributed by atoms with Crippen LogP contribution in [0.5, 0.6) is 0 Å². The smallest absolute Gasteiger partial charge is 0.335 e. The van der Waals surface area contributed by atoms with E-state index in [1.807, 2.05) is 31.2 Å². The maximum absolute atomic E-state index is 11.7. The minimum atomic E-state index is -0.956. The Morgan fingerprint density at radius 1 is 1.13 bits per heavy atom. The molecule has 164 valence electrons. The van der Waals surface area contributed by atoms with Crippen molar-refractivity contribution in [2.24, 2.45) is 11.7 Å². The second-order valence-corrected chi connectivity index (χ2v) is 8.43. The summed E-state index contributed by atoms with van der Waals surface area (Å²) in [5.74, 6) is 0.247. The molecule has 1 aliphatic rings. The molecule has 1 aliphatic heterocycles. The van der Waals surface area contributed by atoms with Gasteiger partial charge in [0.25, 0.3) is 0 Å². The third kappa shape index (κ3) is 5.92. The number of aromatic carboxylic acids is 1. The fourth-order valence-corrected chi connectivity index (χ4v) is 4.21. The van der Waals surface area contributed by atoms with E-state index in [-0.39, 0.29) is 11.4 Å². The Morgan fingerprint density at radius 2 is 1.81 bits per heavy atom. The number of nitrogens with zero attached hydrogens (tertiary/aromatic N) is 2. The van der Waals surface area contributed by atoms with Crippen LogP contribution in [-0.2, 0) is 6.54 Å². The maximum atomic E-state index is 11.7. The number of piperidine rings is 1. The summed E-state index contributed by atoms with van der Waals surface area (Å²) in [5, 5.41) is 25.0. The lowest BCUT2D eigenvalue weighted by Gasteiger charge is -2.34. The van der Waals surface area contributed by atoms with Crippen molar-refractivity contribution in [1.29, 1.82) is 10.8 Å². The fraction of sp³-hybridized carbons (Fsp3) is 0.375. The van der Waals surface area contributed by atoms with Crippen molar-refractivity contribution in [3.8, 4) is 11.1 Å². The van der Waals surface area contributed by atoms with E-state index in [4.69, 9.17) is 16.6 Å². The number of benzene rings is 2. The van der Waals surface area contributed by atoms with Gasteiger partial charge in [0, 0.05) is 31.7 Å². The molecule has 0 radical (unpaired) electrons. The number of carbonyl (C=O) groups is 1. The standard InChI is InChI=1S/C24H31N5O2/c1-16(25)29-8-6-17(7-9-29)14-28(2)15-18-10-21(13-22(11-18)24(30)31)19-4-3-5-20(12-19)23(26)27/h3-5,10-13,17,25H,6-9,14-15H2,1-2H3,(H3,26,27)(H,30,31). The average Bonchev–Trinajstić information content (AvgIpc) is 2.73. The Hall–Kier alpha value is -3.19. The summed E-state index contributed by atoms with van der Waals surface area (Å²) < 4.78 is 0. The van der Waals surface area contributed by atoms with Gasteiger partial charge in [0.15, 0.2) is 0 Å². The molecular formula is C24H31N5O2. The molecule has 1 heterocycles. The summed E-state index contributed by atoms with van der Waals surface area (Å²) >= 11 is 0. The first-order valence-electron chi connectivity index (χ1n) is 10.5. The third-order valence-electron chi connectivity index (χ3n) is 5.86. The number of hydrogen-bond donors (Lipinski definition) is 4. The number of likely N-dealkylation sites (tertiary alicyclic amines) is 1. The molecule has 1 saturated heterocycles. The molecule has 5 N–H and O–H groups in total. The highest BCUT2D eigenvalue weighted by atomic mass is 16.4. The van der Waals surface area contributed by atoms with E-state index in [0.717, 1.165) is 49.2 Å². The van der Waals surface area contributed by atoms with Crippen LogP contribution in [0.3, 0.4) is 0 Å². The van der Waals surface area contributed by atoms with Gasteiger partial charge in [0.1, 0.15) is 5.84 Å². The Morgan fingerprint density at radius 3 is 2.42 bits per heavy atom. The summed E-state index contributed by atoms with van der Waals surface area (Å²) in [4.78, 5) is 16.1. The lowest BCUT2D eigenvalue weighted by Crippen LogP contribution is -2.39. The molecule has 0 aromatic heterocycles. The number of amidine groups is 2. The number of nitrogens with one attached hydrogen (secondary N) is 2. The molecule has 3 rings (SSSR count). The van der Waals surface area contributed by atoms with Crippen molar-refractivity contribution in [2.75, 3.05) is 26.7 Å². The third-order valence-corrected chi connectivity index (χ3v) is 5.86. The first-order chi connectivity index (χ1) is 14.7. The Balaban J connectivity index is 1.75. The normalized spacial score (nSPS) is 14.6. The molecule has 1 fully saturated rings. The molecule has 0 atom stereocenters. The zero-order chi connectivity index (χ0) is 22.5. The number of carboxylic acid groups (broad SMARTS) is 1. The molecule has 31 heavy (non-hydrogen) atoms. The molecule has 0 unspecified atom stereocenters. The first-order valence-corrected chi connectivity index (χ1v) is 10.5. The highest BCUT2D eigenvalue weighted by molar-refractivity contribution is 5.96. The van der Waals surface area contributed by atoms with Crippen LogP contribution in [0.4, 0.5) is 0 Å². The van der Waals surface area contributed by atoms with Gasteiger partial charge >= 0.3 is 5.97 Å². The lowest BCUT2D eigenvalue weighted by molar-refractivity contribution is 0.0696. The summed E-state index contributed by atoms with van der Waals surface area (Å²) in [7, 11) is 2.07. The molecule has 2 aromatic carbocycles. The highest BCUT2D eigenvalue weighted by Crippen LogP contribution is 2.25. The second kappa shape index (κ2) is 9.75. The summed E-state index contributed by atoms with van der Waals surface area (Å²) in [6.07, 6.45) is 2.14. The first kappa shape index (κ1) is 22.5. The Kier molecular flexibility index (Phi) is 7.07. The van der Waals surface area contributed by atoms with Crippen molar-refractivity contribution < 1.29 is 9.90 Å². The SMILES string of the molecule is CC(=N)N1CCC(CN(C)Cc2cc(C(=O)O)cc(-c3cccc(C(=N)N)c3)c2)CC1. The van der Waals surface area contributed by atoms with E-state index in [2.05, 4.69) is 16.8 Å². The molecule has 0 spiro atoms. The van der Waals surface area contributed by atoms with E-state index in [0.29, 0.717) is 23.9 Å². The minimum Gasteiger partial charge on any atom is -0.478 e. The van der Waals surface area contributed by atoms with Gasteiger partial charge in [-0.3, -0.25) is 10.8 Å². The minimum absolute atomic E-state index is 0.0135. The second-order valence-electron chi connectivity index (χ2n) is 8.43. The molecular weight excluding hydrogens is 390 g/mol. The van der Waals surface area contributed by atoms with Gasteiger partial charge in [0.2, 0.25) is 0 Å². The average molecular weight is 422 g/mol. The zero-order valence-corrected chi connectivity index (χ0v) is 18.2. The molecule has 7 heteroatoms. The zero-order valence-electron chi connectivity index (χ0n) is 18.2. The van der Waals surface area contributed by atoms with Gasteiger partial charge in [-0.1, -0.05) is 18.2 Å². The van der Waals surface area contributed by atoms with Crippen molar-refractivity contribution in [3.63, 3.8) is 0 Å². The number of hydrogen-bond acceptors (Lipinski definition) is 4. The van der Waals surface area contributed by atoms with Crippen LogP contribution in [0.15, 0.2) is 42.5 Å². The van der Waals surface area contributed by atoms with Crippen LogP contribution in [0.1, 0.15) is 41.3 Å². The van der Waals surface area contributed by atoms with Crippen LogP contribution in [-0.4, -0.2) is 59.2 Å². The predicted molar refractivity (Wildman–Crippen MR) is 124 cm³/mol. The number of nitrogens with two attached hydrogens (primary N) is 1. The Labute approximate surface area is 183 Å². The fourth-order valence-electron chi connectivity index (χ4n) is 4.21. The number of nitrogen functional groups attached to an aromatic ring is 1. The van der Waals surface area contributed by atoms with Gasteiger partial charge in [-0.2, -0.15) is 0 Å². The van der Waals surface area contributed by atoms with Crippen LogP contribution in [0.2, 0.25) is 0 Å². The van der Waals surface area contributed by atoms with Crippen molar-refractivity contribution in [3.05, 3.63) is 59.2 Å². The lowest BCUT2D eigenvalue weighted by atomic mass is 9.95. The van der Waals surface area contributed by atoms with E-state index >= 15 is 0 Å². The monoisotopic (exact) mass is 421 g/mol. The van der Waals surface area contributed by atoms with Crippen LogP contribution in [0.25, 0.3) is 11.1 Å². The maximum Gasteiger partial charge on any atom is 0.335 e. The highest BCUT2D eigenvalue weighted by Gasteiger charge is 2.21. The molecule has 7 nitrogen and oxygen atoms in total. The summed E-state index contributed by atoms with van der Waals surface area (Å²) in [5.41, 5.74) is 9.08. The molecule has 0 saturated carbocycles. The number of rotatable bonds is 7. The van der Waals surface area contributed by atoms with E-state index in [1.165, 1.54) is 0 Å². The molecule has 0 aliphatic carbocycles. The number of carboxylic acids is 1. The molecule has 0 bridgehead atoms. The van der Waals surface area contributed by atoms with Gasteiger partial charge in [-0.25, -0.2) is 4.79 Å².